The van der Waals surface area contributed by atoms with Crippen LogP contribution in [0.4, 0.5) is 0 Å². The molecule has 0 bridgehead atoms. The van der Waals surface area contributed by atoms with Crippen LogP contribution >= 0.6 is 12.2 Å². The average Bonchev–Trinajstić information content (AvgIpc) is 2.49. The molecule has 0 saturated heterocycles. The van der Waals surface area contributed by atoms with Gasteiger partial charge in [-0.2, -0.15) is 10.2 Å². The number of H-pyrrole nitrogens is 2. The first-order valence-corrected chi connectivity index (χ1v) is 4.27. The van der Waals surface area contributed by atoms with Gasteiger partial charge in [-0.05, 0) is 24.4 Å². The Morgan fingerprint density at radius 1 is 1.29 bits per heavy atom. The van der Waals surface area contributed by atoms with Crippen LogP contribution in [0.3, 0.4) is 0 Å². The molecule has 4 nitrogen and oxygen atoms in total. The molecule has 2 aromatic heterocycles. The summed E-state index contributed by atoms with van der Waals surface area (Å²) in [5.41, 5.74) is 1.06. The van der Waals surface area contributed by atoms with Crippen LogP contribution in [0.5, 0.6) is 0 Å². The lowest BCUT2D eigenvalue weighted by molar-refractivity contribution is -0.667. The largest absolute Gasteiger partial charge is 1.00 e. The molecule has 2 heterocycles. The maximum atomic E-state index is 5.03. The molecule has 0 unspecified atom stereocenters. The van der Waals surface area contributed by atoms with E-state index in [1.807, 2.05) is 23.7 Å². The van der Waals surface area contributed by atoms with Crippen LogP contribution in [0.1, 0.15) is 0 Å². The summed E-state index contributed by atoms with van der Waals surface area (Å²) in [7, 11) is 1.91. The van der Waals surface area contributed by atoms with Gasteiger partial charge >= 0.3 is 4.77 Å². The molecule has 0 saturated carbocycles. The van der Waals surface area contributed by atoms with Crippen molar-refractivity contribution in [2.24, 2.45) is 7.05 Å². The third-order valence-electron chi connectivity index (χ3n) is 1.88. The van der Waals surface area contributed by atoms with Crippen LogP contribution in [-0.2, 0) is 7.05 Å². The maximum Gasteiger partial charge on any atom is 0.323 e. The highest BCUT2D eigenvalue weighted by molar-refractivity contribution is 7.71. The van der Waals surface area contributed by atoms with Crippen molar-refractivity contribution in [3.63, 3.8) is 0 Å². The number of aromatic nitrogens is 4. The van der Waals surface area contributed by atoms with Crippen LogP contribution in [0.15, 0.2) is 24.5 Å². The first kappa shape index (κ1) is 10.9. The van der Waals surface area contributed by atoms with Gasteiger partial charge in [0.1, 0.15) is 0 Å². The van der Waals surface area contributed by atoms with Crippen molar-refractivity contribution < 1.29 is 17.0 Å². The molecule has 6 heteroatoms. The second-order valence-electron chi connectivity index (χ2n) is 2.70. The molecule has 0 aromatic carbocycles. The number of halogens is 1. The molecule has 2 rings (SSSR count). The normalized spacial score (nSPS) is 9.50. The van der Waals surface area contributed by atoms with E-state index in [-0.39, 0.29) is 12.4 Å². The van der Waals surface area contributed by atoms with E-state index in [1.54, 1.807) is 12.4 Å². The van der Waals surface area contributed by atoms with Crippen LogP contribution in [0, 0.1) is 4.77 Å². The third kappa shape index (κ3) is 1.83. The fourth-order valence-electron chi connectivity index (χ4n) is 1.16. The van der Waals surface area contributed by atoms with Crippen LogP contribution in [-0.4, -0.2) is 15.2 Å². The Kier molecular flexibility index (Phi) is 3.38. The van der Waals surface area contributed by atoms with Crippen LogP contribution in [0.25, 0.3) is 11.4 Å². The third-order valence-corrected chi connectivity index (χ3v) is 2.26. The number of hydrogen-bond donors (Lipinski definition) is 2. The minimum atomic E-state index is 0. The molecule has 0 aliphatic rings. The van der Waals surface area contributed by atoms with Gasteiger partial charge in [-0.3, -0.25) is 4.98 Å². The molecule has 74 valence electrons. The minimum absolute atomic E-state index is 0. The van der Waals surface area contributed by atoms with Crippen molar-refractivity contribution in [3.8, 4) is 11.4 Å². The summed E-state index contributed by atoms with van der Waals surface area (Å²) in [6.45, 7) is 0. The van der Waals surface area contributed by atoms with Gasteiger partial charge in [0.05, 0.1) is 12.6 Å². The molecular weight excluding hydrogens is 220 g/mol. The molecule has 0 spiro atoms. The topological polar surface area (TPSA) is 48.4 Å². The SMILES string of the molecule is C[n+]1c(-c2ccncc2)[nH][nH]c1=S.[Cl-]. The van der Waals surface area contributed by atoms with Gasteiger partial charge in [0, 0.05) is 12.4 Å². The van der Waals surface area contributed by atoms with Crippen molar-refractivity contribution >= 4 is 12.2 Å². The van der Waals surface area contributed by atoms with Crippen LogP contribution in [0.2, 0.25) is 0 Å². The smallest absolute Gasteiger partial charge is 0.323 e. The van der Waals surface area contributed by atoms with Crippen molar-refractivity contribution in [1.82, 2.24) is 15.2 Å². The molecule has 2 aromatic rings. The molecular formula is C8H9ClN4S. The summed E-state index contributed by atoms with van der Waals surface area (Å²) in [5, 5.41) is 5.86. The predicted molar refractivity (Wildman–Crippen MR) is 50.4 cm³/mol. The molecule has 0 atom stereocenters. The lowest BCUT2D eigenvalue weighted by Crippen LogP contribution is -3.00. The van der Waals surface area contributed by atoms with Gasteiger partial charge in [0.15, 0.2) is 0 Å². The quantitative estimate of drug-likeness (QED) is 0.437. The highest BCUT2D eigenvalue weighted by Crippen LogP contribution is 2.09. The zero-order valence-electron chi connectivity index (χ0n) is 7.49. The number of nitrogens with zero attached hydrogens (tertiary/aromatic N) is 2. The standard InChI is InChI=1S/C8H8N4S.ClH/c1-12-7(10-11-8(12)13)6-2-4-9-5-3-6;/h2-5H,1H3,(H,9,11,13);1H. The Bertz CT molecular complexity index is 462. The van der Waals surface area contributed by atoms with Gasteiger partial charge in [0.25, 0.3) is 5.82 Å². The lowest BCUT2D eigenvalue weighted by Gasteiger charge is -1.92. The number of hydrogen-bond acceptors (Lipinski definition) is 2. The fraction of sp³-hybridized carbons (Fsp3) is 0.125. The highest BCUT2D eigenvalue weighted by atomic mass is 35.5. The summed E-state index contributed by atoms with van der Waals surface area (Å²) in [6.07, 6.45) is 3.50. The summed E-state index contributed by atoms with van der Waals surface area (Å²) in [5.74, 6) is 0.951. The number of pyridine rings is 1. The Morgan fingerprint density at radius 3 is 2.43 bits per heavy atom. The van der Waals surface area contributed by atoms with Gasteiger partial charge in [-0.25, -0.2) is 4.57 Å². The van der Waals surface area contributed by atoms with Crippen molar-refractivity contribution in [2.75, 3.05) is 0 Å². The zero-order chi connectivity index (χ0) is 9.26. The Balaban J connectivity index is 0.000000980. The predicted octanol–water partition coefficient (Wildman–Crippen LogP) is -2.04. The van der Waals surface area contributed by atoms with Gasteiger partial charge < -0.3 is 12.4 Å². The molecule has 0 aliphatic carbocycles. The summed E-state index contributed by atoms with van der Waals surface area (Å²) >= 11 is 5.03. The second kappa shape index (κ2) is 4.34. The number of nitrogens with one attached hydrogen (secondary N) is 2. The van der Waals surface area contributed by atoms with Crippen molar-refractivity contribution in [2.45, 2.75) is 0 Å². The Labute approximate surface area is 92.4 Å². The fourth-order valence-corrected chi connectivity index (χ4v) is 1.30. The van der Waals surface area contributed by atoms with Crippen molar-refractivity contribution in [1.29, 1.82) is 0 Å². The van der Waals surface area contributed by atoms with Gasteiger partial charge in [-0.15, -0.1) is 0 Å². The first-order valence-electron chi connectivity index (χ1n) is 3.86. The summed E-state index contributed by atoms with van der Waals surface area (Å²) in [6, 6.07) is 3.85. The van der Waals surface area contributed by atoms with E-state index in [2.05, 4.69) is 15.2 Å². The van der Waals surface area contributed by atoms with E-state index < -0.39 is 0 Å². The van der Waals surface area contributed by atoms with Crippen LogP contribution < -0.4 is 17.0 Å². The van der Waals surface area contributed by atoms with E-state index in [0.717, 1.165) is 11.4 Å². The zero-order valence-corrected chi connectivity index (χ0v) is 9.06. The molecule has 14 heavy (non-hydrogen) atoms. The summed E-state index contributed by atoms with van der Waals surface area (Å²) in [4.78, 5) is 3.95. The number of rotatable bonds is 1. The van der Waals surface area contributed by atoms with E-state index in [1.165, 1.54) is 0 Å². The van der Waals surface area contributed by atoms with Gasteiger partial charge in [0.2, 0.25) is 0 Å². The summed E-state index contributed by atoms with van der Waals surface area (Å²) < 4.78 is 2.55. The molecule has 0 aliphatic heterocycles. The highest BCUT2D eigenvalue weighted by Gasteiger charge is 2.09. The van der Waals surface area contributed by atoms with Crippen molar-refractivity contribution in [3.05, 3.63) is 29.3 Å². The monoisotopic (exact) mass is 228 g/mol. The molecule has 2 N–H and O–H groups in total. The Hall–Kier alpha value is -1.20. The minimum Gasteiger partial charge on any atom is -1.00 e. The van der Waals surface area contributed by atoms with E-state index in [9.17, 15) is 0 Å². The van der Waals surface area contributed by atoms with E-state index >= 15 is 0 Å². The second-order valence-corrected chi connectivity index (χ2v) is 3.09. The molecule has 0 fully saturated rings. The number of aromatic amines is 2. The average molecular weight is 229 g/mol. The van der Waals surface area contributed by atoms with Gasteiger partial charge in [-0.1, -0.05) is 0 Å². The Morgan fingerprint density at radius 2 is 1.93 bits per heavy atom. The lowest BCUT2D eigenvalue weighted by atomic mass is 10.2. The first-order chi connectivity index (χ1) is 6.29. The molecule has 0 amide bonds. The van der Waals surface area contributed by atoms with E-state index in [0.29, 0.717) is 4.77 Å². The maximum absolute atomic E-state index is 5.03. The van der Waals surface area contributed by atoms with E-state index in [4.69, 9.17) is 12.2 Å². The molecule has 0 radical (unpaired) electrons.